The Morgan fingerprint density at radius 1 is 1.19 bits per heavy atom. The van der Waals surface area contributed by atoms with Gasteiger partial charge in [0.05, 0.1) is 18.1 Å². The number of ketones is 1. The van der Waals surface area contributed by atoms with E-state index >= 15 is 0 Å². The number of sulfone groups is 1. The number of hydrogen-bond donors (Lipinski definition) is 2. The van der Waals surface area contributed by atoms with Crippen molar-refractivity contribution in [2.45, 2.75) is 35.0 Å². The molecule has 0 aromatic carbocycles. The first-order chi connectivity index (χ1) is 14.9. The van der Waals surface area contributed by atoms with Crippen LogP contribution in [0, 0.1) is 5.92 Å². The summed E-state index contributed by atoms with van der Waals surface area (Å²) in [5, 5.41) is 15.1. The molecule has 3 aromatic heterocycles. The fourth-order valence-electron chi connectivity index (χ4n) is 3.35. The van der Waals surface area contributed by atoms with E-state index in [1.54, 1.807) is 6.07 Å². The lowest BCUT2D eigenvalue weighted by atomic mass is 9.96. The zero-order valence-corrected chi connectivity index (χ0v) is 18.0. The summed E-state index contributed by atoms with van der Waals surface area (Å²) in [7, 11) is -2.57. The monoisotopic (exact) mass is 462 g/mol. The lowest BCUT2D eigenvalue weighted by Gasteiger charge is -2.13. The van der Waals surface area contributed by atoms with Gasteiger partial charge in [0.25, 0.3) is 15.0 Å². The van der Waals surface area contributed by atoms with Gasteiger partial charge in [-0.3, -0.25) is 15.1 Å². The molecule has 2 N–H and O–H groups in total. The van der Waals surface area contributed by atoms with Crippen LogP contribution in [0.5, 0.6) is 0 Å². The molecule has 1 aliphatic rings. The van der Waals surface area contributed by atoms with Crippen LogP contribution in [-0.2, 0) is 16.9 Å². The zero-order valence-electron chi connectivity index (χ0n) is 16.3. The van der Waals surface area contributed by atoms with Crippen molar-refractivity contribution in [1.29, 1.82) is 0 Å². The third-order valence-corrected chi connectivity index (χ3v) is 7.93. The molecule has 1 saturated carbocycles. The molecule has 31 heavy (non-hydrogen) atoms. The van der Waals surface area contributed by atoms with Crippen molar-refractivity contribution in [2.75, 3.05) is 10.6 Å². The van der Waals surface area contributed by atoms with Crippen molar-refractivity contribution in [1.82, 2.24) is 30.2 Å². The van der Waals surface area contributed by atoms with Crippen LogP contribution in [0.2, 0.25) is 0 Å². The average Bonchev–Trinajstić information content (AvgIpc) is 3.50. The fourth-order valence-corrected chi connectivity index (χ4v) is 5.69. The van der Waals surface area contributed by atoms with Gasteiger partial charge in [0.15, 0.2) is 10.9 Å². The molecule has 1 fully saturated rings. The molecule has 0 atom stereocenters. The number of nitrogens with one attached hydrogen (secondary N) is 2. The van der Waals surface area contributed by atoms with Crippen LogP contribution in [0.15, 0.2) is 34.0 Å². The molecule has 14 heteroatoms. The maximum Gasteiger partial charge on any atom is 0.325 e. The Balaban J connectivity index is 1.47. The molecule has 0 bridgehead atoms. The van der Waals surface area contributed by atoms with Crippen LogP contribution >= 0.6 is 11.3 Å². The first-order valence-electron chi connectivity index (χ1n) is 9.36. The van der Waals surface area contributed by atoms with E-state index in [2.05, 4.69) is 36.1 Å². The molecule has 3 heterocycles. The summed E-state index contributed by atoms with van der Waals surface area (Å²) in [6.45, 7) is 0. The van der Waals surface area contributed by atoms with Gasteiger partial charge >= 0.3 is 6.03 Å². The minimum Gasteiger partial charge on any atom is -0.305 e. The Labute approximate surface area is 181 Å². The van der Waals surface area contributed by atoms with E-state index in [1.165, 1.54) is 19.4 Å². The van der Waals surface area contributed by atoms with Gasteiger partial charge in [-0.15, -0.1) is 0 Å². The van der Waals surface area contributed by atoms with Gasteiger partial charge in [-0.2, -0.15) is 0 Å². The summed E-state index contributed by atoms with van der Waals surface area (Å²) in [5.41, 5.74) is 0.681. The highest BCUT2D eigenvalue weighted by Gasteiger charge is 2.28. The quantitative estimate of drug-likeness (QED) is 0.521. The Hall–Kier alpha value is -3.26. The maximum absolute atomic E-state index is 12.8. The summed E-state index contributed by atoms with van der Waals surface area (Å²) in [6, 6.07) is 0.909. The number of carbonyl (C=O) groups excluding carboxylic acids is 2. The minimum atomic E-state index is -3.97. The van der Waals surface area contributed by atoms with Crippen LogP contribution in [0.25, 0.3) is 0 Å². The van der Waals surface area contributed by atoms with E-state index in [0.717, 1.165) is 47.9 Å². The third-order valence-electron chi connectivity index (χ3n) is 4.85. The standard InChI is InChI=1S/C17H18N8O4S2/c1-25-17(22-23-24-25)31(28,29)13-9-19-16(30-13)21-15(27)20-12-8-18-7-6-11(12)14(26)10-4-2-3-5-10/h6-10H,2-5H2,1H3,(H2,19,20,21,27). The second kappa shape index (κ2) is 8.47. The first kappa shape index (κ1) is 21.0. The van der Waals surface area contributed by atoms with Crippen LogP contribution in [0.3, 0.4) is 0 Å². The average molecular weight is 463 g/mol. The molecule has 0 unspecified atom stereocenters. The number of tetrazole rings is 1. The van der Waals surface area contributed by atoms with Crippen molar-refractivity contribution in [3.8, 4) is 0 Å². The molecule has 2 amide bonds. The number of nitrogens with zero attached hydrogens (tertiary/aromatic N) is 6. The molecule has 162 valence electrons. The van der Waals surface area contributed by atoms with Crippen molar-refractivity contribution in [3.63, 3.8) is 0 Å². The third kappa shape index (κ3) is 4.29. The van der Waals surface area contributed by atoms with Crippen LogP contribution in [0.1, 0.15) is 36.0 Å². The van der Waals surface area contributed by atoms with Gasteiger partial charge < -0.3 is 5.32 Å². The number of amides is 2. The van der Waals surface area contributed by atoms with Crippen molar-refractivity contribution < 1.29 is 18.0 Å². The highest BCUT2D eigenvalue weighted by Crippen LogP contribution is 2.30. The largest absolute Gasteiger partial charge is 0.325 e. The number of hydrogen-bond acceptors (Lipinski definition) is 10. The lowest BCUT2D eigenvalue weighted by Crippen LogP contribution is -2.22. The zero-order chi connectivity index (χ0) is 22.0. The van der Waals surface area contributed by atoms with Gasteiger partial charge in [-0.25, -0.2) is 22.9 Å². The second-order valence-corrected chi connectivity index (χ2v) is 10.0. The number of aryl methyl sites for hydroxylation is 1. The summed E-state index contributed by atoms with van der Waals surface area (Å²) >= 11 is 0.754. The van der Waals surface area contributed by atoms with Crippen molar-refractivity contribution >= 4 is 43.8 Å². The number of rotatable bonds is 6. The lowest BCUT2D eigenvalue weighted by molar-refractivity contribution is 0.0923. The second-order valence-electron chi connectivity index (χ2n) is 6.92. The van der Waals surface area contributed by atoms with Gasteiger partial charge in [-0.1, -0.05) is 29.3 Å². The summed E-state index contributed by atoms with van der Waals surface area (Å²) in [5.74, 6) is -0.0667. The topological polar surface area (TPSA) is 162 Å². The Morgan fingerprint density at radius 2 is 1.97 bits per heavy atom. The Bertz CT molecular complexity index is 1230. The molecule has 0 saturated heterocycles. The molecule has 0 spiro atoms. The number of thiazole rings is 1. The van der Waals surface area contributed by atoms with Gasteiger partial charge in [-0.05, 0) is 29.3 Å². The normalized spacial score (nSPS) is 14.5. The van der Waals surface area contributed by atoms with E-state index in [0.29, 0.717) is 5.56 Å². The summed E-state index contributed by atoms with van der Waals surface area (Å²) in [6.07, 6.45) is 7.73. The Morgan fingerprint density at radius 3 is 2.68 bits per heavy atom. The maximum atomic E-state index is 12.8. The van der Waals surface area contributed by atoms with E-state index in [1.807, 2.05) is 0 Å². The van der Waals surface area contributed by atoms with E-state index in [-0.39, 0.29) is 31.9 Å². The van der Waals surface area contributed by atoms with Crippen LogP contribution in [0.4, 0.5) is 15.6 Å². The van der Waals surface area contributed by atoms with Gasteiger partial charge in [0.1, 0.15) is 4.21 Å². The number of Topliss-reactive ketones (excluding diaryl/α,β-unsaturated/α-hetero) is 1. The molecule has 0 radical (unpaired) electrons. The Kier molecular flexibility index (Phi) is 5.73. The smallest absolute Gasteiger partial charge is 0.305 e. The molecule has 3 aromatic rings. The number of urea groups is 1. The summed E-state index contributed by atoms with van der Waals surface area (Å²) in [4.78, 5) is 33.1. The van der Waals surface area contributed by atoms with E-state index in [9.17, 15) is 18.0 Å². The number of anilines is 2. The molecule has 0 aliphatic heterocycles. The molecular weight excluding hydrogens is 444 g/mol. The predicted octanol–water partition coefficient (Wildman–Crippen LogP) is 1.91. The van der Waals surface area contributed by atoms with Crippen molar-refractivity contribution in [3.05, 3.63) is 30.2 Å². The van der Waals surface area contributed by atoms with Gasteiger partial charge in [0.2, 0.25) is 0 Å². The highest BCUT2D eigenvalue weighted by atomic mass is 32.2. The van der Waals surface area contributed by atoms with Crippen LogP contribution < -0.4 is 10.6 Å². The minimum absolute atomic E-state index is 0.0184. The SMILES string of the molecule is Cn1nnnc1S(=O)(=O)c1cnc(NC(=O)Nc2cnccc2C(=O)C2CCCC2)s1. The van der Waals surface area contributed by atoms with E-state index in [4.69, 9.17) is 0 Å². The predicted molar refractivity (Wildman–Crippen MR) is 110 cm³/mol. The number of pyridine rings is 1. The van der Waals surface area contributed by atoms with Gasteiger partial charge in [0, 0.05) is 24.7 Å². The molecular formula is C17H18N8O4S2. The first-order valence-corrected chi connectivity index (χ1v) is 11.7. The van der Waals surface area contributed by atoms with Crippen molar-refractivity contribution in [2.24, 2.45) is 13.0 Å². The molecule has 12 nitrogen and oxygen atoms in total. The van der Waals surface area contributed by atoms with Crippen LogP contribution in [-0.4, -0.2) is 50.4 Å². The molecule has 1 aliphatic carbocycles. The highest BCUT2D eigenvalue weighted by molar-refractivity contribution is 7.93. The fraction of sp³-hybridized carbons (Fsp3) is 0.353. The van der Waals surface area contributed by atoms with E-state index < -0.39 is 15.9 Å². The summed E-state index contributed by atoms with van der Waals surface area (Å²) < 4.78 is 26.1. The number of carbonyl (C=O) groups is 2. The molecule has 4 rings (SSSR count). The number of aromatic nitrogens is 6.